The van der Waals surface area contributed by atoms with Crippen molar-refractivity contribution < 1.29 is 13.2 Å². The molecule has 0 bridgehead atoms. The SMILES string of the molecule is FC(F)(F)CN1CCC(Nc2ccnc3c(Br)cccc23)C1. The van der Waals surface area contributed by atoms with Gasteiger partial charge >= 0.3 is 6.18 Å². The van der Waals surface area contributed by atoms with Gasteiger partial charge in [-0.15, -0.1) is 0 Å². The standard InChI is InChI=1S/C15H15BrF3N3/c16-12-3-1-2-11-13(4-6-20-14(11)12)21-10-5-7-22(8-10)9-15(17,18)19/h1-4,6,10H,5,7-9H2,(H,20,21). The highest BCUT2D eigenvalue weighted by molar-refractivity contribution is 9.10. The van der Waals surface area contributed by atoms with Crippen molar-refractivity contribution in [3.05, 3.63) is 34.9 Å². The van der Waals surface area contributed by atoms with E-state index in [1.165, 1.54) is 4.90 Å². The van der Waals surface area contributed by atoms with Crippen molar-refractivity contribution in [3.8, 4) is 0 Å². The van der Waals surface area contributed by atoms with Crippen LogP contribution in [0.15, 0.2) is 34.9 Å². The number of fused-ring (bicyclic) bond motifs is 1. The second-order valence-corrected chi connectivity index (χ2v) is 6.33. The van der Waals surface area contributed by atoms with Gasteiger partial charge in [0, 0.05) is 40.9 Å². The molecule has 1 aromatic carbocycles. The Morgan fingerprint density at radius 1 is 1.32 bits per heavy atom. The van der Waals surface area contributed by atoms with Crippen molar-refractivity contribution >= 4 is 32.5 Å². The zero-order valence-corrected chi connectivity index (χ0v) is 13.3. The second kappa shape index (κ2) is 6.04. The minimum Gasteiger partial charge on any atom is -0.380 e. The monoisotopic (exact) mass is 373 g/mol. The number of benzene rings is 1. The van der Waals surface area contributed by atoms with Gasteiger partial charge in [0.05, 0.1) is 12.1 Å². The number of rotatable bonds is 3. The molecule has 1 aliphatic heterocycles. The summed E-state index contributed by atoms with van der Waals surface area (Å²) in [6.07, 6.45) is -1.73. The Morgan fingerprint density at radius 3 is 2.91 bits per heavy atom. The molecule has 1 saturated heterocycles. The summed E-state index contributed by atoms with van der Waals surface area (Å²) in [5, 5.41) is 4.32. The van der Waals surface area contributed by atoms with E-state index in [0.29, 0.717) is 19.5 Å². The smallest absolute Gasteiger partial charge is 0.380 e. The fraction of sp³-hybridized carbons (Fsp3) is 0.400. The van der Waals surface area contributed by atoms with E-state index in [1.54, 1.807) is 6.20 Å². The molecule has 3 nitrogen and oxygen atoms in total. The highest BCUT2D eigenvalue weighted by Crippen LogP contribution is 2.29. The lowest BCUT2D eigenvalue weighted by atomic mass is 10.1. The van der Waals surface area contributed by atoms with Crippen molar-refractivity contribution in [3.63, 3.8) is 0 Å². The summed E-state index contributed by atoms with van der Waals surface area (Å²) < 4.78 is 38.2. The summed E-state index contributed by atoms with van der Waals surface area (Å²) >= 11 is 3.46. The minimum atomic E-state index is -4.14. The largest absolute Gasteiger partial charge is 0.401 e. The lowest BCUT2D eigenvalue weighted by Gasteiger charge is -2.19. The zero-order valence-electron chi connectivity index (χ0n) is 11.7. The number of aromatic nitrogens is 1. The van der Waals surface area contributed by atoms with Crippen molar-refractivity contribution in [2.45, 2.75) is 18.6 Å². The van der Waals surface area contributed by atoms with Gasteiger partial charge in [-0.2, -0.15) is 13.2 Å². The van der Waals surface area contributed by atoms with Gasteiger partial charge in [0.2, 0.25) is 0 Å². The van der Waals surface area contributed by atoms with Gasteiger partial charge < -0.3 is 5.32 Å². The predicted octanol–water partition coefficient (Wildman–Crippen LogP) is 4.05. The molecule has 0 radical (unpaired) electrons. The summed E-state index contributed by atoms with van der Waals surface area (Å²) in [5.74, 6) is 0. The van der Waals surface area contributed by atoms with Gasteiger partial charge in [0.15, 0.2) is 0 Å². The maximum Gasteiger partial charge on any atom is 0.401 e. The molecule has 0 saturated carbocycles. The van der Waals surface area contributed by atoms with Crippen LogP contribution in [0, 0.1) is 0 Å². The highest BCUT2D eigenvalue weighted by Gasteiger charge is 2.34. The molecule has 118 valence electrons. The van der Waals surface area contributed by atoms with E-state index >= 15 is 0 Å². The predicted molar refractivity (Wildman–Crippen MR) is 84.0 cm³/mol. The maximum absolute atomic E-state index is 12.4. The summed E-state index contributed by atoms with van der Waals surface area (Å²) in [4.78, 5) is 5.77. The van der Waals surface area contributed by atoms with Gasteiger partial charge in [-0.1, -0.05) is 12.1 Å². The molecule has 0 aliphatic carbocycles. The van der Waals surface area contributed by atoms with Gasteiger partial charge in [-0.3, -0.25) is 9.88 Å². The van der Waals surface area contributed by atoms with Crippen LogP contribution in [0.2, 0.25) is 0 Å². The third kappa shape index (κ3) is 3.52. The molecule has 1 fully saturated rings. The number of para-hydroxylation sites is 1. The molecule has 2 heterocycles. The number of nitrogens with one attached hydrogen (secondary N) is 1. The molecule has 1 aliphatic rings. The molecule has 1 aromatic heterocycles. The van der Waals surface area contributed by atoms with Crippen LogP contribution in [-0.4, -0.2) is 41.7 Å². The lowest BCUT2D eigenvalue weighted by Crippen LogP contribution is -2.34. The first-order chi connectivity index (χ1) is 10.4. The van der Waals surface area contributed by atoms with Crippen LogP contribution in [0.3, 0.4) is 0 Å². The number of anilines is 1. The topological polar surface area (TPSA) is 28.2 Å². The second-order valence-electron chi connectivity index (χ2n) is 5.47. The third-order valence-electron chi connectivity index (χ3n) is 3.76. The molecular weight excluding hydrogens is 359 g/mol. The van der Waals surface area contributed by atoms with Crippen molar-refractivity contribution in [1.82, 2.24) is 9.88 Å². The maximum atomic E-state index is 12.4. The number of halogens is 4. The Kier molecular flexibility index (Phi) is 4.27. The molecule has 22 heavy (non-hydrogen) atoms. The Hall–Kier alpha value is -1.34. The van der Waals surface area contributed by atoms with Crippen LogP contribution in [0.1, 0.15) is 6.42 Å². The van der Waals surface area contributed by atoms with Gasteiger partial charge in [-0.25, -0.2) is 0 Å². The Morgan fingerprint density at radius 2 is 2.14 bits per heavy atom. The number of hydrogen-bond acceptors (Lipinski definition) is 3. The van der Waals surface area contributed by atoms with Gasteiger partial charge in [0.1, 0.15) is 0 Å². The van der Waals surface area contributed by atoms with Crippen molar-refractivity contribution in [2.75, 3.05) is 25.0 Å². The number of hydrogen-bond donors (Lipinski definition) is 1. The van der Waals surface area contributed by atoms with E-state index in [4.69, 9.17) is 0 Å². The number of nitrogens with zero attached hydrogens (tertiary/aromatic N) is 2. The van der Waals surface area contributed by atoms with Crippen LogP contribution in [0.4, 0.5) is 18.9 Å². The minimum absolute atomic E-state index is 0.0203. The van der Waals surface area contributed by atoms with Crippen molar-refractivity contribution in [1.29, 1.82) is 0 Å². The van der Waals surface area contributed by atoms with E-state index in [1.807, 2.05) is 24.3 Å². The van der Waals surface area contributed by atoms with E-state index in [0.717, 1.165) is 21.1 Å². The van der Waals surface area contributed by atoms with Crippen LogP contribution >= 0.6 is 15.9 Å². The average Bonchev–Trinajstić information content (AvgIpc) is 2.85. The number of likely N-dealkylation sites (tertiary alicyclic amines) is 1. The zero-order chi connectivity index (χ0) is 15.7. The van der Waals surface area contributed by atoms with Crippen LogP contribution in [0.5, 0.6) is 0 Å². The van der Waals surface area contributed by atoms with Crippen LogP contribution in [0.25, 0.3) is 10.9 Å². The first-order valence-electron chi connectivity index (χ1n) is 7.01. The fourth-order valence-electron chi connectivity index (χ4n) is 2.83. The summed E-state index contributed by atoms with van der Waals surface area (Å²) in [6, 6.07) is 7.68. The molecule has 7 heteroatoms. The summed E-state index contributed by atoms with van der Waals surface area (Å²) in [6.45, 7) is 0.0229. The Balaban J connectivity index is 1.74. The van der Waals surface area contributed by atoms with Gasteiger partial charge in [0.25, 0.3) is 0 Å². The quantitative estimate of drug-likeness (QED) is 0.879. The van der Waals surface area contributed by atoms with Crippen molar-refractivity contribution in [2.24, 2.45) is 0 Å². The number of pyridine rings is 1. The van der Waals surface area contributed by atoms with E-state index in [-0.39, 0.29) is 6.04 Å². The lowest BCUT2D eigenvalue weighted by molar-refractivity contribution is -0.143. The summed E-state index contributed by atoms with van der Waals surface area (Å²) in [5.41, 5.74) is 1.75. The molecule has 1 atom stereocenters. The molecule has 0 spiro atoms. The fourth-order valence-corrected chi connectivity index (χ4v) is 3.30. The highest BCUT2D eigenvalue weighted by atomic mass is 79.9. The molecule has 3 rings (SSSR count). The molecular formula is C15H15BrF3N3. The average molecular weight is 374 g/mol. The van der Waals surface area contributed by atoms with Gasteiger partial charge in [-0.05, 0) is 34.5 Å². The van der Waals surface area contributed by atoms with Crippen LogP contribution in [-0.2, 0) is 0 Å². The van der Waals surface area contributed by atoms with Crippen LogP contribution < -0.4 is 5.32 Å². The summed E-state index contributed by atoms with van der Waals surface area (Å²) in [7, 11) is 0. The Bertz CT molecular complexity index is 675. The molecule has 1 N–H and O–H groups in total. The number of alkyl halides is 3. The first kappa shape index (κ1) is 15.6. The van der Waals surface area contributed by atoms with E-state index < -0.39 is 12.7 Å². The Labute approximate surface area is 134 Å². The normalized spacial score (nSPS) is 19.7. The van der Waals surface area contributed by atoms with E-state index in [9.17, 15) is 13.2 Å². The first-order valence-corrected chi connectivity index (χ1v) is 7.80. The molecule has 1 unspecified atom stereocenters. The van der Waals surface area contributed by atoms with E-state index in [2.05, 4.69) is 26.2 Å². The third-order valence-corrected chi connectivity index (χ3v) is 4.40. The molecule has 2 aromatic rings. The molecule has 0 amide bonds.